The van der Waals surface area contributed by atoms with E-state index < -0.39 is 10.0 Å². The quantitative estimate of drug-likeness (QED) is 0.637. The van der Waals surface area contributed by atoms with Crippen LogP contribution in [0.1, 0.15) is 28.7 Å². The van der Waals surface area contributed by atoms with Gasteiger partial charge in [-0.2, -0.15) is 4.98 Å². The molecule has 1 aromatic heterocycles. The summed E-state index contributed by atoms with van der Waals surface area (Å²) in [6.45, 7) is 3.69. The summed E-state index contributed by atoms with van der Waals surface area (Å²) in [7, 11) is -1.73. The summed E-state index contributed by atoms with van der Waals surface area (Å²) in [6, 6.07) is 14.0. The normalized spacial score (nSPS) is 11.3. The summed E-state index contributed by atoms with van der Waals surface area (Å²) in [6.07, 6.45) is 0. The van der Waals surface area contributed by atoms with Gasteiger partial charge in [0, 0.05) is 23.9 Å². The molecule has 152 valence electrons. The third-order valence-electron chi connectivity index (χ3n) is 4.25. The molecule has 1 heterocycles. The van der Waals surface area contributed by atoms with E-state index in [0.717, 1.165) is 11.1 Å². The lowest BCUT2D eigenvalue weighted by molar-refractivity contribution is 0.0769. The number of nitrogens with zero attached hydrogens (tertiary/aromatic N) is 3. The summed E-state index contributed by atoms with van der Waals surface area (Å²) >= 11 is 0. The van der Waals surface area contributed by atoms with Crippen LogP contribution in [0.4, 0.5) is 5.69 Å². The van der Waals surface area contributed by atoms with Crippen molar-refractivity contribution in [1.82, 2.24) is 15.0 Å². The highest BCUT2D eigenvalue weighted by Gasteiger charge is 2.17. The van der Waals surface area contributed by atoms with E-state index in [4.69, 9.17) is 4.52 Å². The Morgan fingerprint density at radius 2 is 1.90 bits per heavy atom. The van der Waals surface area contributed by atoms with Gasteiger partial charge < -0.3 is 9.42 Å². The maximum Gasteiger partial charge on any atom is 0.254 e. The number of amides is 1. The number of carbonyl (C=O) groups is 1. The minimum absolute atomic E-state index is 0.0227. The Kier molecular flexibility index (Phi) is 5.97. The number of anilines is 1. The lowest BCUT2D eigenvalue weighted by Gasteiger charge is -2.15. The van der Waals surface area contributed by atoms with E-state index in [0.29, 0.717) is 23.0 Å². The molecule has 0 atom stereocenters. The summed E-state index contributed by atoms with van der Waals surface area (Å²) in [5.41, 5.74) is 2.76. The van der Waals surface area contributed by atoms with Crippen molar-refractivity contribution in [2.45, 2.75) is 20.4 Å². The van der Waals surface area contributed by atoms with Crippen LogP contribution in [0.25, 0.3) is 11.4 Å². The van der Waals surface area contributed by atoms with Crippen LogP contribution < -0.4 is 4.72 Å². The van der Waals surface area contributed by atoms with E-state index in [1.54, 1.807) is 38.2 Å². The highest BCUT2D eigenvalue weighted by Crippen LogP contribution is 2.18. The standard InChI is InChI=1S/C20H22N4O4S/c1-4-29(26,27)23-17-10-8-15(9-11-17)20(25)24(3)13-18-21-19(22-28-18)16-7-5-6-14(2)12-16/h5-12,23H,4,13H2,1-3H3. The van der Waals surface area contributed by atoms with Gasteiger partial charge in [-0.3, -0.25) is 9.52 Å². The van der Waals surface area contributed by atoms with Gasteiger partial charge in [0.25, 0.3) is 5.91 Å². The van der Waals surface area contributed by atoms with Crippen molar-refractivity contribution in [2.24, 2.45) is 0 Å². The molecule has 0 aliphatic heterocycles. The molecule has 2 aromatic carbocycles. The molecule has 0 unspecified atom stereocenters. The lowest BCUT2D eigenvalue weighted by Crippen LogP contribution is -2.26. The Hall–Kier alpha value is -3.20. The smallest absolute Gasteiger partial charge is 0.254 e. The van der Waals surface area contributed by atoms with Gasteiger partial charge >= 0.3 is 0 Å². The van der Waals surface area contributed by atoms with Crippen LogP contribution in [0.2, 0.25) is 0 Å². The van der Waals surface area contributed by atoms with E-state index in [1.807, 2.05) is 31.2 Å². The molecule has 0 spiro atoms. The van der Waals surface area contributed by atoms with Crippen molar-refractivity contribution in [1.29, 1.82) is 0 Å². The molecule has 3 aromatic rings. The SMILES string of the molecule is CCS(=O)(=O)Nc1ccc(C(=O)N(C)Cc2nc(-c3cccc(C)c3)no2)cc1. The Balaban J connectivity index is 1.66. The zero-order valence-electron chi connectivity index (χ0n) is 16.4. The first-order valence-corrected chi connectivity index (χ1v) is 10.7. The Morgan fingerprint density at radius 3 is 2.55 bits per heavy atom. The van der Waals surface area contributed by atoms with Crippen molar-refractivity contribution in [2.75, 3.05) is 17.5 Å². The Labute approximate surface area is 169 Å². The molecule has 9 heteroatoms. The molecule has 0 radical (unpaired) electrons. The lowest BCUT2D eigenvalue weighted by atomic mass is 10.1. The molecular weight excluding hydrogens is 392 g/mol. The highest BCUT2D eigenvalue weighted by atomic mass is 32.2. The number of hydrogen-bond donors (Lipinski definition) is 1. The monoisotopic (exact) mass is 414 g/mol. The molecule has 0 fully saturated rings. The maximum absolute atomic E-state index is 12.6. The van der Waals surface area contributed by atoms with Gasteiger partial charge in [-0.1, -0.05) is 28.9 Å². The number of sulfonamides is 1. The maximum atomic E-state index is 12.6. The first-order chi connectivity index (χ1) is 13.8. The van der Waals surface area contributed by atoms with E-state index in [-0.39, 0.29) is 18.2 Å². The first-order valence-electron chi connectivity index (χ1n) is 9.03. The summed E-state index contributed by atoms with van der Waals surface area (Å²) in [5.74, 6) is 0.525. The summed E-state index contributed by atoms with van der Waals surface area (Å²) in [4.78, 5) is 18.4. The molecule has 0 aliphatic rings. The van der Waals surface area contributed by atoms with Gasteiger partial charge in [0.15, 0.2) is 0 Å². The first kappa shape index (κ1) is 20.5. The molecule has 0 saturated heterocycles. The third kappa shape index (κ3) is 5.20. The average Bonchev–Trinajstić information content (AvgIpc) is 3.16. The van der Waals surface area contributed by atoms with Crippen molar-refractivity contribution < 1.29 is 17.7 Å². The molecule has 0 bridgehead atoms. The number of aryl methyl sites for hydroxylation is 1. The van der Waals surface area contributed by atoms with E-state index in [1.165, 1.54) is 4.90 Å². The van der Waals surface area contributed by atoms with E-state index in [9.17, 15) is 13.2 Å². The fourth-order valence-corrected chi connectivity index (χ4v) is 3.29. The van der Waals surface area contributed by atoms with Crippen molar-refractivity contribution in [3.63, 3.8) is 0 Å². The zero-order chi connectivity index (χ0) is 21.0. The van der Waals surface area contributed by atoms with Crippen molar-refractivity contribution >= 4 is 21.6 Å². The van der Waals surface area contributed by atoms with Crippen LogP contribution in [0.15, 0.2) is 53.1 Å². The number of nitrogens with one attached hydrogen (secondary N) is 1. The second kappa shape index (κ2) is 8.44. The minimum atomic E-state index is -3.36. The van der Waals surface area contributed by atoms with Crippen LogP contribution in [0, 0.1) is 6.92 Å². The highest BCUT2D eigenvalue weighted by molar-refractivity contribution is 7.92. The van der Waals surface area contributed by atoms with Gasteiger partial charge in [-0.05, 0) is 44.2 Å². The number of hydrogen-bond acceptors (Lipinski definition) is 6. The number of aromatic nitrogens is 2. The van der Waals surface area contributed by atoms with Crippen molar-refractivity contribution in [3.05, 3.63) is 65.5 Å². The largest absolute Gasteiger partial charge is 0.337 e. The second-order valence-corrected chi connectivity index (χ2v) is 8.64. The topological polar surface area (TPSA) is 105 Å². The zero-order valence-corrected chi connectivity index (χ0v) is 17.2. The van der Waals surface area contributed by atoms with Gasteiger partial charge in [-0.25, -0.2) is 8.42 Å². The van der Waals surface area contributed by atoms with Crippen LogP contribution in [0.5, 0.6) is 0 Å². The summed E-state index contributed by atoms with van der Waals surface area (Å²) in [5, 5.41) is 3.98. The van der Waals surface area contributed by atoms with Crippen LogP contribution in [0.3, 0.4) is 0 Å². The third-order valence-corrected chi connectivity index (χ3v) is 5.56. The van der Waals surface area contributed by atoms with Crippen LogP contribution >= 0.6 is 0 Å². The molecular formula is C20H22N4O4S. The van der Waals surface area contributed by atoms with Crippen molar-refractivity contribution in [3.8, 4) is 11.4 Å². The molecule has 0 aliphatic carbocycles. The van der Waals surface area contributed by atoms with Crippen LogP contribution in [-0.4, -0.2) is 42.2 Å². The average molecular weight is 414 g/mol. The van der Waals surface area contributed by atoms with Gasteiger partial charge in [-0.15, -0.1) is 0 Å². The van der Waals surface area contributed by atoms with E-state index in [2.05, 4.69) is 14.9 Å². The Bertz CT molecular complexity index is 1110. The minimum Gasteiger partial charge on any atom is -0.337 e. The second-order valence-electron chi connectivity index (χ2n) is 6.63. The molecule has 1 amide bonds. The predicted molar refractivity (Wildman–Crippen MR) is 110 cm³/mol. The molecule has 3 rings (SSSR count). The van der Waals surface area contributed by atoms with Crippen LogP contribution in [-0.2, 0) is 16.6 Å². The Morgan fingerprint density at radius 1 is 1.17 bits per heavy atom. The fraction of sp³-hybridized carbons (Fsp3) is 0.250. The fourth-order valence-electron chi connectivity index (χ4n) is 2.65. The van der Waals surface area contributed by atoms with Gasteiger partial charge in [0.05, 0.1) is 12.3 Å². The number of rotatable bonds is 7. The molecule has 8 nitrogen and oxygen atoms in total. The molecule has 0 saturated carbocycles. The predicted octanol–water partition coefficient (Wildman–Crippen LogP) is 3.08. The van der Waals surface area contributed by atoms with Gasteiger partial charge in [0.1, 0.15) is 0 Å². The van der Waals surface area contributed by atoms with Gasteiger partial charge in [0.2, 0.25) is 21.7 Å². The molecule has 29 heavy (non-hydrogen) atoms. The van der Waals surface area contributed by atoms with E-state index >= 15 is 0 Å². The molecule has 1 N–H and O–H groups in total. The summed E-state index contributed by atoms with van der Waals surface area (Å²) < 4.78 is 30.9. The number of benzene rings is 2. The number of carbonyl (C=O) groups excluding carboxylic acids is 1.